The van der Waals surface area contributed by atoms with Gasteiger partial charge in [0, 0.05) is 31.2 Å². The van der Waals surface area contributed by atoms with Gasteiger partial charge in [-0.2, -0.15) is 0 Å². The molecule has 1 saturated carbocycles. The fourth-order valence-electron chi connectivity index (χ4n) is 3.01. The number of likely N-dealkylation sites (N-methyl/N-ethyl adjacent to an activating group) is 1. The summed E-state index contributed by atoms with van der Waals surface area (Å²) in [5.74, 6) is 0. The van der Waals surface area contributed by atoms with Crippen molar-refractivity contribution in [1.82, 2.24) is 9.80 Å². The lowest BCUT2D eigenvalue weighted by atomic mass is 9.75. The second kappa shape index (κ2) is 5.03. The molecular weight excluding hydrogens is 198 g/mol. The maximum atomic E-state index is 6.27. The molecule has 1 heterocycles. The molecule has 0 bridgehead atoms. The van der Waals surface area contributed by atoms with E-state index in [4.69, 9.17) is 5.73 Å². The first-order valence-electron chi connectivity index (χ1n) is 6.88. The summed E-state index contributed by atoms with van der Waals surface area (Å²) >= 11 is 0. The highest BCUT2D eigenvalue weighted by Crippen LogP contribution is 2.32. The smallest absolute Gasteiger partial charge is 0.0195 e. The summed E-state index contributed by atoms with van der Waals surface area (Å²) in [4.78, 5) is 5.17. The molecule has 94 valence electrons. The van der Waals surface area contributed by atoms with Crippen molar-refractivity contribution < 1.29 is 0 Å². The zero-order valence-electron chi connectivity index (χ0n) is 10.9. The lowest BCUT2D eigenvalue weighted by Crippen LogP contribution is -2.54. The Labute approximate surface area is 100.0 Å². The van der Waals surface area contributed by atoms with Crippen LogP contribution in [0.1, 0.15) is 39.5 Å². The molecule has 1 unspecified atom stereocenters. The van der Waals surface area contributed by atoms with Gasteiger partial charge in [0.15, 0.2) is 0 Å². The molecule has 16 heavy (non-hydrogen) atoms. The number of nitrogens with two attached hydrogens (primary N) is 1. The van der Waals surface area contributed by atoms with Crippen LogP contribution in [-0.4, -0.2) is 54.1 Å². The van der Waals surface area contributed by atoms with E-state index in [0.717, 1.165) is 0 Å². The topological polar surface area (TPSA) is 32.5 Å². The van der Waals surface area contributed by atoms with Crippen LogP contribution in [0.3, 0.4) is 0 Å². The lowest BCUT2D eigenvalue weighted by molar-refractivity contribution is 0.0764. The minimum atomic E-state index is 0.200. The Morgan fingerprint density at radius 1 is 1.31 bits per heavy atom. The Hall–Kier alpha value is -0.120. The zero-order valence-corrected chi connectivity index (χ0v) is 10.9. The highest BCUT2D eigenvalue weighted by atomic mass is 15.3. The molecule has 3 nitrogen and oxygen atoms in total. The SMILES string of the molecule is CCN1CCN(CCC2(N)CCC2)CC1C. The first kappa shape index (κ1) is 12.3. The van der Waals surface area contributed by atoms with Crippen LogP contribution in [-0.2, 0) is 0 Å². The molecular formula is C13H27N3. The first-order chi connectivity index (χ1) is 7.63. The zero-order chi connectivity index (χ0) is 11.6. The second-order valence-corrected chi connectivity index (χ2v) is 5.74. The molecule has 2 N–H and O–H groups in total. The standard InChI is InChI=1S/C13H27N3/c1-3-16-10-9-15(11-12(16)2)8-7-13(14)5-4-6-13/h12H,3-11,14H2,1-2H3. The van der Waals surface area contributed by atoms with Gasteiger partial charge in [-0.05, 0) is 45.7 Å². The fraction of sp³-hybridized carbons (Fsp3) is 1.00. The normalized spacial score (nSPS) is 31.3. The molecule has 0 radical (unpaired) electrons. The summed E-state index contributed by atoms with van der Waals surface area (Å²) in [5, 5.41) is 0. The van der Waals surface area contributed by atoms with Crippen LogP contribution in [0.5, 0.6) is 0 Å². The maximum absolute atomic E-state index is 6.27. The Morgan fingerprint density at radius 2 is 2.06 bits per heavy atom. The Morgan fingerprint density at radius 3 is 2.56 bits per heavy atom. The molecule has 3 heteroatoms. The quantitative estimate of drug-likeness (QED) is 0.782. The summed E-state index contributed by atoms with van der Waals surface area (Å²) < 4.78 is 0. The molecule has 0 aromatic rings. The van der Waals surface area contributed by atoms with Crippen LogP contribution in [0.15, 0.2) is 0 Å². The number of hydrogen-bond acceptors (Lipinski definition) is 3. The first-order valence-corrected chi connectivity index (χ1v) is 6.88. The van der Waals surface area contributed by atoms with Gasteiger partial charge in [-0.1, -0.05) is 6.92 Å². The highest BCUT2D eigenvalue weighted by molar-refractivity contribution is 4.93. The van der Waals surface area contributed by atoms with Crippen LogP contribution >= 0.6 is 0 Å². The summed E-state index contributed by atoms with van der Waals surface area (Å²) in [6, 6.07) is 0.717. The fourth-order valence-corrected chi connectivity index (χ4v) is 3.01. The van der Waals surface area contributed by atoms with Crippen LogP contribution in [0.2, 0.25) is 0 Å². The maximum Gasteiger partial charge on any atom is 0.0195 e. The third kappa shape index (κ3) is 2.76. The van der Waals surface area contributed by atoms with E-state index in [9.17, 15) is 0 Å². The van der Waals surface area contributed by atoms with Crippen molar-refractivity contribution in [2.24, 2.45) is 5.73 Å². The molecule has 2 aliphatic rings. The average Bonchev–Trinajstić information content (AvgIpc) is 2.24. The van der Waals surface area contributed by atoms with Gasteiger partial charge in [-0.15, -0.1) is 0 Å². The largest absolute Gasteiger partial charge is 0.325 e. The summed E-state index contributed by atoms with van der Waals surface area (Å²) in [5.41, 5.74) is 6.47. The van der Waals surface area contributed by atoms with E-state index in [1.807, 2.05) is 0 Å². The van der Waals surface area contributed by atoms with Gasteiger partial charge in [-0.25, -0.2) is 0 Å². The van der Waals surface area contributed by atoms with Gasteiger partial charge in [0.05, 0.1) is 0 Å². The predicted molar refractivity (Wildman–Crippen MR) is 68.5 cm³/mol. The molecule has 1 saturated heterocycles. The van der Waals surface area contributed by atoms with E-state index < -0.39 is 0 Å². The lowest BCUT2D eigenvalue weighted by Gasteiger charge is -2.43. The van der Waals surface area contributed by atoms with Crippen LogP contribution in [0.25, 0.3) is 0 Å². The van der Waals surface area contributed by atoms with E-state index in [0.29, 0.717) is 6.04 Å². The number of piperazine rings is 1. The second-order valence-electron chi connectivity index (χ2n) is 5.74. The van der Waals surface area contributed by atoms with Crippen molar-refractivity contribution in [3.8, 4) is 0 Å². The Bertz CT molecular complexity index is 225. The molecule has 0 aromatic carbocycles. The molecule has 2 fully saturated rings. The average molecular weight is 225 g/mol. The third-order valence-corrected chi connectivity index (χ3v) is 4.53. The Balaban J connectivity index is 1.71. The van der Waals surface area contributed by atoms with Crippen molar-refractivity contribution in [2.45, 2.75) is 51.1 Å². The highest BCUT2D eigenvalue weighted by Gasteiger charge is 2.33. The van der Waals surface area contributed by atoms with Crippen molar-refractivity contribution in [1.29, 1.82) is 0 Å². The number of rotatable bonds is 4. The van der Waals surface area contributed by atoms with E-state index in [2.05, 4.69) is 23.6 Å². The van der Waals surface area contributed by atoms with E-state index in [1.54, 1.807) is 0 Å². The van der Waals surface area contributed by atoms with Crippen molar-refractivity contribution in [3.05, 3.63) is 0 Å². The molecule has 0 spiro atoms. The van der Waals surface area contributed by atoms with Crippen LogP contribution < -0.4 is 5.73 Å². The minimum absolute atomic E-state index is 0.200. The van der Waals surface area contributed by atoms with Gasteiger partial charge in [0.25, 0.3) is 0 Å². The molecule has 0 amide bonds. The van der Waals surface area contributed by atoms with Gasteiger partial charge >= 0.3 is 0 Å². The molecule has 0 aromatic heterocycles. The monoisotopic (exact) mass is 225 g/mol. The summed E-state index contributed by atoms with van der Waals surface area (Å²) in [6.07, 6.45) is 5.04. The van der Waals surface area contributed by atoms with E-state index in [-0.39, 0.29) is 5.54 Å². The summed E-state index contributed by atoms with van der Waals surface area (Å²) in [7, 11) is 0. The van der Waals surface area contributed by atoms with Gasteiger partial charge in [-0.3, -0.25) is 4.90 Å². The van der Waals surface area contributed by atoms with Gasteiger partial charge in [0.1, 0.15) is 0 Å². The third-order valence-electron chi connectivity index (χ3n) is 4.53. The van der Waals surface area contributed by atoms with Crippen LogP contribution in [0.4, 0.5) is 0 Å². The van der Waals surface area contributed by atoms with Crippen molar-refractivity contribution in [3.63, 3.8) is 0 Å². The predicted octanol–water partition coefficient (Wildman–Crippen LogP) is 1.28. The minimum Gasteiger partial charge on any atom is -0.325 e. The van der Waals surface area contributed by atoms with Gasteiger partial charge < -0.3 is 10.6 Å². The molecule has 2 rings (SSSR count). The number of nitrogens with zero attached hydrogens (tertiary/aromatic N) is 2. The Kier molecular flexibility index (Phi) is 3.88. The molecule has 1 aliphatic carbocycles. The van der Waals surface area contributed by atoms with Crippen molar-refractivity contribution in [2.75, 3.05) is 32.7 Å². The van der Waals surface area contributed by atoms with Crippen LogP contribution in [0, 0.1) is 0 Å². The summed E-state index contributed by atoms with van der Waals surface area (Å²) in [6.45, 7) is 10.7. The van der Waals surface area contributed by atoms with E-state index in [1.165, 1.54) is 58.4 Å². The molecule has 1 aliphatic heterocycles. The van der Waals surface area contributed by atoms with E-state index >= 15 is 0 Å². The number of hydrogen-bond donors (Lipinski definition) is 1. The van der Waals surface area contributed by atoms with Gasteiger partial charge in [0.2, 0.25) is 0 Å². The molecule has 1 atom stereocenters. The van der Waals surface area contributed by atoms with Crippen molar-refractivity contribution >= 4 is 0 Å².